The van der Waals surface area contributed by atoms with Crippen molar-refractivity contribution in [2.75, 3.05) is 13.7 Å². The molecule has 0 aromatic heterocycles. The number of ether oxygens (including phenoxy) is 1. The van der Waals surface area contributed by atoms with Crippen LogP contribution in [0.2, 0.25) is 0 Å². The minimum atomic E-state index is -0.117. The van der Waals surface area contributed by atoms with Crippen molar-refractivity contribution in [3.63, 3.8) is 0 Å². The highest BCUT2D eigenvalue weighted by Gasteiger charge is 2.26. The van der Waals surface area contributed by atoms with Gasteiger partial charge in [0.2, 0.25) is 0 Å². The Hall–Kier alpha value is -0.570. The van der Waals surface area contributed by atoms with Crippen molar-refractivity contribution in [2.45, 2.75) is 32.2 Å². The van der Waals surface area contributed by atoms with Crippen LogP contribution in [0.3, 0.4) is 0 Å². The molecule has 1 rings (SSSR count). The highest BCUT2D eigenvalue weighted by molar-refractivity contribution is 5.75. The van der Waals surface area contributed by atoms with E-state index in [1.165, 1.54) is 13.5 Å². The number of carbonyl (C=O) groups excluding carboxylic acids is 1. The fraction of sp³-hybridized carbons (Fsp3) is 0.889. The fourth-order valence-corrected chi connectivity index (χ4v) is 1.69. The summed E-state index contributed by atoms with van der Waals surface area (Å²) in [5, 5.41) is 3.16. The molecule has 0 bridgehead atoms. The molecule has 2 atom stereocenters. The summed E-state index contributed by atoms with van der Waals surface area (Å²) in [6, 6.07) is -0.0614. The van der Waals surface area contributed by atoms with Gasteiger partial charge in [-0.05, 0) is 25.3 Å². The van der Waals surface area contributed by atoms with Crippen LogP contribution in [0.15, 0.2) is 0 Å². The third-order valence-corrected chi connectivity index (χ3v) is 2.58. The van der Waals surface area contributed by atoms with Gasteiger partial charge in [0.15, 0.2) is 0 Å². The zero-order valence-corrected chi connectivity index (χ0v) is 7.80. The number of hydrogen-bond donors (Lipinski definition) is 1. The first-order chi connectivity index (χ1) is 5.77. The van der Waals surface area contributed by atoms with E-state index >= 15 is 0 Å². The summed E-state index contributed by atoms with van der Waals surface area (Å²) in [4.78, 5) is 11.1. The molecule has 1 aliphatic heterocycles. The lowest BCUT2D eigenvalue weighted by Crippen LogP contribution is -2.43. The molecule has 3 heteroatoms. The van der Waals surface area contributed by atoms with Crippen LogP contribution in [0, 0.1) is 5.92 Å². The molecule has 0 amide bonds. The summed E-state index contributed by atoms with van der Waals surface area (Å²) >= 11 is 0. The number of piperidine rings is 1. The Morgan fingerprint density at radius 3 is 3.00 bits per heavy atom. The number of methoxy groups -OCH3 is 1. The third kappa shape index (κ3) is 2.21. The minimum absolute atomic E-state index is 0.0614. The zero-order chi connectivity index (χ0) is 8.97. The first kappa shape index (κ1) is 9.52. The highest BCUT2D eigenvalue weighted by atomic mass is 16.5. The summed E-state index contributed by atoms with van der Waals surface area (Å²) in [6.45, 7) is 3.11. The van der Waals surface area contributed by atoms with Gasteiger partial charge in [-0.15, -0.1) is 0 Å². The summed E-state index contributed by atoms with van der Waals surface area (Å²) in [5.41, 5.74) is 0. The minimum Gasteiger partial charge on any atom is -0.468 e. The molecule has 0 aromatic carbocycles. The maximum atomic E-state index is 11.1. The zero-order valence-electron chi connectivity index (χ0n) is 7.80. The summed E-state index contributed by atoms with van der Waals surface area (Å²) in [7, 11) is 1.44. The van der Waals surface area contributed by atoms with E-state index in [1.54, 1.807) is 0 Å². The molecule has 1 N–H and O–H groups in total. The Balaban J connectivity index is 2.40. The molecule has 0 radical (unpaired) electrons. The Morgan fingerprint density at radius 1 is 1.67 bits per heavy atom. The fourth-order valence-electron chi connectivity index (χ4n) is 1.69. The van der Waals surface area contributed by atoms with E-state index in [0.29, 0.717) is 5.92 Å². The molecule has 12 heavy (non-hydrogen) atoms. The van der Waals surface area contributed by atoms with E-state index in [1.807, 2.05) is 0 Å². The average Bonchev–Trinajstić information content (AvgIpc) is 2.17. The molecule has 0 spiro atoms. The van der Waals surface area contributed by atoms with Gasteiger partial charge < -0.3 is 10.1 Å². The summed E-state index contributed by atoms with van der Waals surface area (Å²) in [5.74, 6) is 0.573. The van der Waals surface area contributed by atoms with Gasteiger partial charge in [0, 0.05) is 0 Å². The predicted octanol–water partition coefficient (Wildman–Crippen LogP) is 0.938. The lowest BCUT2D eigenvalue weighted by Gasteiger charge is -2.27. The summed E-state index contributed by atoms with van der Waals surface area (Å²) < 4.78 is 4.68. The molecule has 1 saturated heterocycles. The first-order valence-corrected chi connectivity index (χ1v) is 4.59. The predicted molar refractivity (Wildman–Crippen MR) is 46.8 cm³/mol. The molecule has 1 heterocycles. The van der Waals surface area contributed by atoms with E-state index in [2.05, 4.69) is 17.0 Å². The van der Waals surface area contributed by atoms with Crippen LogP contribution in [-0.2, 0) is 9.53 Å². The maximum Gasteiger partial charge on any atom is 0.322 e. The number of carbonyl (C=O) groups is 1. The quantitative estimate of drug-likeness (QED) is 0.628. The van der Waals surface area contributed by atoms with Crippen molar-refractivity contribution < 1.29 is 9.53 Å². The Labute approximate surface area is 73.5 Å². The van der Waals surface area contributed by atoms with Crippen molar-refractivity contribution >= 4 is 5.97 Å². The molecule has 3 nitrogen and oxygen atoms in total. The van der Waals surface area contributed by atoms with E-state index in [-0.39, 0.29) is 12.0 Å². The second kappa shape index (κ2) is 4.45. The number of esters is 1. The van der Waals surface area contributed by atoms with Gasteiger partial charge in [0.25, 0.3) is 0 Å². The number of nitrogens with one attached hydrogen (secondary N) is 1. The van der Waals surface area contributed by atoms with E-state index < -0.39 is 0 Å². The lowest BCUT2D eigenvalue weighted by atomic mass is 9.90. The second-order valence-electron chi connectivity index (χ2n) is 3.33. The van der Waals surface area contributed by atoms with Crippen molar-refractivity contribution in [1.82, 2.24) is 5.32 Å². The Morgan fingerprint density at radius 2 is 2.42 bits per heavy atom. The Bertz CT molecular complexity index is 159. The van der Waals surface area contributed by atoms with Crippen LogP contribution in [0.4, 0.5) is 0 Å². The van der Waals surface area contributed by atoms with Gasteiger partial charge in [-0.2, -0.15) is 0 Å². The third-order valence-electron chi connectivity index (χ3n) is 2.58. The van der Waals surface area contributed by atoms with Gasteiger partial charge in [-0.1, -0.05) is 13.3 Å². The van der Waals surface area contributed by atoms with E-state index in [9.17, 15) is 4.79 Å². The average molecular weight is 171 g/mol. The van der Waals surface area contributed by atoms with Crippen LogP contribution in [0.1, 0.15) is 26.2 Å². The molecule has 0 unspecified atom stereocenters. The first-order valence-electron chi connectivity index (χ1n) is 4.59. The molecule has 0 saturated carbocycles. The monoisotopic (exact) mass is 171 g/mol. The number of hydrogen-bond acceptors (Lipinski definition) is 3. The van der Waals surface area contributed by atoms with Crippen LogP contribution < -0.4 is 5.32 Å². The van der Waals surface area contributed by atoms with Crippen molar-refractivity contribution in [1.29, 1.82) is 0 Å². The SMILES string of the molecule is CC[C@@H]1CCN[C@@H](C(=O)OC)C1. The van der Waals surface area contributed by atoms with E-state index in [4.69, 9.17) is 0 Å². The van der Waals surface area contributed by atoms with Crippen molar-refractivity contribution in [3.05, 3.63) is 0 Å². The summed E-state index contributed by atoms with van der Waals surface area (Å²) in [6.07, 6.45) is 3.28. The standard InChI is InChI=1S/C9H17NO2/c1-3-7-4-5-10-8(6-7)9(11)12-2/h7-8,10H,3-6H2,1-2H3/t7-,8-/m1/s1. The van der Waals surface area contributed by atoms with Crippen molar-refractivity contribution in [3.8, 4) is 0 Å². The van der Waals surface area contributed by atoms with Gasteiger partial charge >= 0.3 is 5.97 Å². The van der Waals surface area contributed by atoms with Gasteiger partial charge in [-0.3, -0.25) is 4.79 Å². The van der Waals surface area contributed by atoms with Crippen LogP contribution in [-0.4, -0.2) is 25.7 Å². The van der Waals surface area contributed by atoms with Gasteiger partial charge in [0.05, 0.1) is 7.11 Å². The lowest BCUT2D eigenvalue weighted by molar-refractivity contribution is -0.144. The van der Waals surface area contributed by atoms with Gasteiger partial charge in [-0.25, -0.2) is 0 Å². The van der Waals surface area contributed by atoms with Crippen LogP contribution in [0.5, 0.6) is 0 Å². The van der Waals surface area contributed by atoms with Gasteiger partial charge in [0.1, 0.15) is 6.04 Å². The molecule has 1 aliphatic rings. The molecular formula is C9H17NO2. The van der Waals surface area contributed by atoms with Crippen molar-refractivity contribution in [2.24, 2.45) is 5.92 Å². The Kier molecular flexibility index (Phi) is 3.53. The smallest absolute Gasteiger partial charge is 0.322 e. The maximum absolute atomic E-state index is 11.1. The molecule has 70 valence electrons. The largest absolute Gasteiger partial charge is 0.468 e. The van der Waals surface area contributed by atoms with Crippen LogP contribution >= 0.6 is 0 Å². The molecule has 0 aliphatic carbocycles. The molecule has 0 aromatic rings. The van der Waals surface area contributed by atoms with Crippen LogP contribution in [0.25, 0.3) is 0 Å². The highest BCUT2D eigenvalue weighted by Crippen LogP contribution is 2.19. The second-order valence-corrected chi connectivity index (χ2v) is 3.33. The molecular weight excluding hydrogens is 154 g/mol. The topological polar surface area (TPSA) is 38.3 Å². The molecule has 1 fully saturated rings. The number of rotatable bonds is 2. The normalized spacial score (nSPS) is 29.8. The van der Waals surface area contributed by atoms with E-state index in [0.717, 1.165) is 19.4 Å².